The number of ether oxygens (including phenoxy) is 2. The summed E-state index contributed by atoms with van der Waals surface area (Å²) in [5.41, 5.74) is 2.10. The largest absolute Gasteiger partial charge is 0.493 e. The van der Waals surface area contributed by atoms with Gasteiger partial charge in [0.15, 0.2) is 11.5 Å². The minimum Gasteiger partial charge on any atom is -0.493 e. The molecule has 0 spiro atoms. The van der Waals surface area contributed by atoms with Crippen LogP contribution in [0.1, 0.15) is 12.6 Å². The quantitative estimate of drug-likeness (QED) is 0.911. The average Bonchev–Trinajstić information content (AvgIpc) is 3.04. The molecule has 3 rings (SSSR count). The first-order valence-electron chi connectivity index (χ1n) is 7.83. The van der Waals surface area contributed by atoms with Gasteiger partial charge < -0.3 is 14.8 Å². The maximum Gasteiger partial charge on any atom is 0.170 e. The molecule has 2 aromatic rings. The molecule has 1 fully saturated rings. The lowest BCUT2D eigenvalue weighted by Gasteiger charge is -2.33. The summed E-state index contributed by atoms with van der Waals surface area (Å²) in [5, 5.41) is 6.53. The van der Waals surface area contributed by atoms with E-state index in [0.717, 1.165) is 53.9 Å². The van der Waals surface area contributed by atoms with Gasteiger partial charge in [0, 0.05) is 37.6 Å². The molecular weight excluding hydrogens is 310 g/mol. The summed E-state index contributed by atoms with van der Waals surface area (Å²) >= 11 is 1.65. The molecule has 1 saturated heterocycles. The van der Waals surface area contributed by atoms with Gasteiger partial charge in [-0.3, -0.25) is 4.90 Å². The average molecular weight is 333 g/mol. The van der Waals surface area contributed by atoms with Gasteiger partial charge in [-0.1, -0.05) is 6.07 Å². The molecule has 124 valence electrons. The van der Waals surface area contributed by atoms with Gasteiger partial charge in [0.25, 0.3) is 0 Å². The SMILES string of the molecule is COc1cccc(-c2nc(CN3CCNC[C@@H]3C)cs2)c1OC. The Morgan fingerprint density at radius 1 is 1.35 bits per heavy atom. The Labute approximate surface area is 141 Å². The van der Waals surface area contributed by atoms with Crippen LogP contribution in [-0.2, 0) is 6.54 Å². The Morgan fingerprint density at radius 3 is 2.96 bits per heavy atom. The summed E-state index contributed by atoms with van der Waals surface area (Å²) < 4.78 is 10.9. The molecule has 1 atom stereocenters. The van der Waals surface area contributed by atoms with Crippen molar-refractivity contribution in [1.82, 2.24) is 15.2 Å². The number of hydrogen-bond donors (Lipinski definition) is 1. The highest BCUT2D eigenvalue weighted by Crippen LogP contribution is 2.39. The fraction of sp³-hybridized carbons (Fsp3) is 0.471. The Hall–Kier alpha value is -1.63. The maximum atomic E-state index is 5.52. The highest BCUT2D eigenvalue weighted by molar-refractivity contribution is 7.13. The number of methoxy groups -OCH3 is 2. The summed E-state index contributed by atoms with van der Waals surface area (Å²) in [6.07, 6.45) is 0. The van der Waals surface area contributed by atoms with Crippen molar-refractivity contribution in [2.75, 3.05) is 33.9 Å². The van der Waals surface area contributed by atoms with Gasteiger partial charge in [0.1, 0.15) is 5.01 Å². The Balaban J connectivity index is 1.82. The van der Waals surface area contributed by atoms with E-state index >= 15 is 0 Å². The van der Waals surface area contributed by atoms with Crippen molar-refractivity contribution < 1.29 is 9.47 Å². The normalized spacial score (nSPS) is 18.8. The summed E-state index contributed by atoms with van der Waals surface area (Å²) in [5.74, 6) is 1.48. The number of nitrogens with zero attached hydrogens (tertiary/aromatic N) is 2. The topological polar surface area (TPSA) is 46.6 Å². The van der Waals surface area contributed by atoms with E-state index in [-0.39, 0.29) is 0 Å². The number of thiazole rings is 1. The third-order valence-electron chi connectivity index (χ3n) is 4.19. The van der Waals surface area contributed by atoms with Crippen LogP contribution < -0.4 is 14.8 Å². The number of nitrogens with one attached hydrogen (secondary N) is 1. The molecule has 5 nitrogen and oxygen atoms in total. The van der Waals surface area contributed by atoms with Gasteiger partial charge >= 0.3 is 0 Å². The number of para-hydroxylation sites is 1. The van der Waals surface area contributed by atoms with E-state index in [2.05, 4.69) is 22.5 Å². The van der Waals surface area contributed by atoms with E-state index in [1.54, 1.807) is 25.6 Å². The standard InChI is InChI=1S/C17H23N3O2S/c1-12-9-18-7-8-20(12)10-13-11-23-17(19-13)14-5-4-6-15(21-2)16(14)22-3/h4-6,11-12,18H,7-10H2,1-3H3/t12-/m0/s1. The second-order valence-corrected chi connectivity index (χ2v) is 6.57. The van der Waals surface area contributed by atoms with Crippen LogP contribution >= 0.6 is 11.3 Å². The summed E-state index contributed by atoms with van der Waals surface area (Å²) in [4.78, 5) is 7.28. The number of benzene rings is 1. The third-order valence-corrected chi connectivity index (χ3v) is 5.11. The number of aromatic nitrogens is 1. The van der Waals surface area contributed by atoms with Crippen molar-refractivity contribution in [3.05, 3.63) is 29.3 Å². The third kappa shape index (κ3) is 3.49. The molecule has 23 heavy (non-hydrogen) atoms. The van der Waals surface area contributed by atoms with Crippen LogP contribution in [0.3, 0.4) is 0 Å². The molecule has 0 amide bonds. The Kier molecular flexibility index (Phi) is 5.15. The van der Waals surface area contributed by atoms with Crippen molar-refractivity contribution in [3.63, 3.8) is 0 Å². The minimum absolute atomic E-state index is 0.542. The van der Waals surface area contributed by atoms with Gasteiger partial charge in [-0.2, -0.15) is 0 Å². The van der Waals surface area contributed by atoms with Crippen LogP contribution in [0.15, 0.2) is 23.6 Å². The first-order chi connectivity index (χ1) is 11.2. The van der Waals surface area contributed by atoms with Gasteiger partial charge in [-0.15, -0.1) is 11.3 Å². The molecule has 6 heteroatoms. The zero-order chi connectivity index (χ0) is 16.2. The summed E-state index contributed by atoms with van der Waals surface area (Å²) in [6, 6.07) is 6.44. The summed E-state index contributed by atoms with van der Waals surface area (Å²) in [7, 11) is 3.32. The van der Waals surface area contributed by atoms with Crippen molar-refractivity contribution in [2.45, 2.75) is 19.5 Å². The predicted octanol–water partition coefficient (Wildman–Crippen LogP) is 2.62. The predicted molar refractivity (Wildman–Crippen MR) is 93.4 cm³/mol. The van der Waals surface area contributed by atoms with Crippen LogP contribution in [0.4, 0.5) is 0 Å². The molecule has 0 unspecified atom stereocenters. The van der Waals surface area contributed by atoms with E-state index in [0.29, 0.717) is 6.04 Å². The second-order valence-electron chi connectivity index (χ2n) is 5.71. The van der Waals surface area contributed by atoms with Crippen LogP contribution in [-0.4, -0.2) is 49.8 Å². The van der Waals surface area contributed by atoms with E-state index in [4.69, 9.17) is 14.5 Å². The van der Waals surface area contributed by atoms with Gasteiger partial charge in [0.05, 0.1) is 25.5 Å². The molecule has 2 heterocycles. The van der Waals surface area contributed by atoms with Crippen LogP contribution in [0, 0.1) is 0 Å². The van der Waals surface area contributed by atoms with Crippen molar-refractivity contribution in [1.29, 1.82) is 0 Å². The minimum atomic E-state index is 0.542. The van der Waals surface area contributed by atoms with E-state index in [1.807, 2.05) is 18.2 Å². The van der Waals surface area contributed by atoms with Gasteiger partial charge in [-0.25, -0.2) is 4.98 Å². The molecule has 1 aromatic carbocycles. The lowest BCUT2D eigenvalue weighted by molar-refractivity contribution is 0.164. The van der Waals surface area contributed by atoms with Crippen LogP contribution in [0.25, 0.3) is 10.6 Å². The zero-order valence-corrected chi connectivity index (χ0v) is 14.7. The van der Waals surface area contributed by atoms with Crippen molar-refractivity contribution in [2.24, 2.45) is 0 Å². The maximum absolute atomic E-state index is 5.52. The van der Waals surface area contributed by atoms with E-state index < -0.39 is 0 Å². The number of hydrogen-bond acceptors (Lipinski definition) is 6. The zero-order valence-electron chi connectivity index (χ0n) is 13.8. The highest BCUT2D eigenvalue weighted by atomic mass is 32.1. The van der Waals surface area contributed by atoms with Crippen LogP contribution in [0.5, 0.6) is 11.5 Å². The van der Waals surface area contributed by atoms with Gasteiger partial charge in [0.2, 0.25) is 0 Å². The highest BCUT2D eigenvalue weighted by Gasteiger charge is 2.20. The molecule has 0 radical (unpaired) electrons. The molecule has 0 saturated carbocycles. The molecular formula is C17H23N3O2S. The number of rotatable bonds is 5. The van der Waals surface area contributed by atoms with Crippen molar-refractivity contribution in [3.8, 4) is 22.1 Å². The van der Waals surface area contributed by atoms with E-state index in [9.17, 15) is 0 Å². The fourth-order valence-electron chi connectivity index (χ4n) is 2.88. The molecule has 0 aliphatic carbocycles. The molecule has 1 aliphatic rings. The molecule has 1 aliphatic heterocycles. The molecule has 1 N–H and O–H groups in total. The lowest BCUT2D eigenvalue weighted by Crippen LogP contribution is -2.49. The lowest BCUT2D eigenvalue weighted by atomic mass is 10.2. The first-order valence-corrected chi connectivity index (χ1v) is 8.71. The van der Waals surface area contributed by atoms with Crippen LogP contribution in [0.2, 0.25) is 0 Å². The van der Waals surface area contributed by atoms with Gasteiger partial charge in [-0.05, 0) is 19.1 Å². The Morgan fingerprint density at radius 2 is 2.22 bits per heavy atom. The van der Waals surface area contributed by atoms with E-state index in [1.165, 1.54) is 0 Å². The monoisotopic (exact) mass is 333 g/mol. The van der Waals surface area contributed by atoms with Crippen molar-refractivity contribution >= 4 is 11.3 Å². The molecule has 0 bridgehead atoms. The molecule has 1 aromatic heterocycles. The summed E-state index contributed by atoms with van der Waals surface area (Å²) in [6.45, 7) is 6.30. The number of piperazine rings is 1. The fourth-order valence-corrected chi connectivity index (χ4v) is 3.72. The second kappa shape index (κ2) is 7.29. The first kappa shape index (κ1) is 16.2. The Bertz CT molecular complexity index is 659. The smallest absolute Gasteiger partial charge is 0.170 e.